The Labute approximate surface area is 97.4 Å². The van der Waals surface area contributed by atoms with Gasteiger partial charge in [-0.1, -0.05) is 0 Å². The van der Waals surface area contributed by atoms with Gasteiger partial charge < -0.3 is 10.6 Å². The molecular weight excluding hydrogens is 231 g/mol. The fourth-order valence-corrected chi connectivity index (χ4v) is 2.00. The van der Waals surface area contributed by atoms with E-state index in [4.69, 9.17) is 5.73 Å². The third kappa shape index (κ3) is 2.69. The average Bonchev–Trinajstić information content (AvgIpc) is 2.76. The van der Waals surface area contributed by atoms with Crippen LogP contribution in [0.1, 0.15) is 12.0 Å². The van der Waals surface area contributed by atoms with Gasteiger partial charge in [-0.2, -0.15) is 13.2 Å². The van der Waals surface area contributed by atoms with Crippen LogP contribution in [-0.2, 0) is 6.18 Å². The molecule has 0 saturated carbocycles. The molecule has 1 aromatic heterocycles. The predicted molar refractivity (Wildman–Crippen MR) is 58.6 cm³/mol. The van der Waals surface area contributed by atoms with Crippen molar-refractivity contribution in [3.05, 3.63) is 23.9 Å². The summed E-state index contributed by atoms with van der Waals surface area (Å²) in [4.78, 5) is 5.84. The predicted octanol–water partition coefficient (Wildman–Crippen LogP) is 1.89. The lowest BCUT2D eigenvalue weighted by Crippen LogP contribution is -2.23. The van der Waals surface area contributed by atoms with E-state index in [1.807, 2.05) is 4.90 Å². The van der Waals surface area contributed by atoms with Gasteiger partial charge in [0.2, 0.25) is 0 Å². The molecule has 2 heterocycles. The molecule has 0 bridgehead atoms. The summed E-state index contributed by atoms with van der Waals surface area (Å²) in [5.41, 5.74) is 4.89. The first-order chi connectivity index (χ1) is 8.00. The molecule has 2 N–H and O–H groups in total. The summed E-state index contributed by atoms with van der Waals surface area (Å²) in [5.74, 6) is 0.738. The van der Waals surface area contributed by atoms with Gasteiger partial charge in [0, 0.05) is 19.3 Å². The topological polar surface area (TPSA) is 42.1 Å². The maximum Gasteiger partial charge on any atom is 0.416 e. The zero-order valence-corrected chi connectivity index (χ0v) is 9.24. The second kappa shape index (κ2) is 4.52. The Morgan fingerprint density at radius 2 is 2.24 bits per heavy atom. The van der Waals surface area contributed by atoms with Crippen molar-refractivity contribution in [2.75, 3.05) is 24.5 Å². The summed E-state index contributed by atoms with van der Waals surface area (Å²) in [7, 11) is 0. The molecule has 6 heteroatoms. The fourth-order valence-electron chi connectivity index (χ4n) is 2.00. The van der Waals surface area contributed by atoms with E-state index in [2.05, 4.69) is 4.98 Å². The second-order valence-electron chi connectivity index (χ2n) is 4.24. The molecule has 1 aliphatic heterocycles. The fraction of sp³-hybridized carbons (Fsp3) is 0.545. The number of aromatic nitrogens is 1. The molecule has 0 aliphatic carbocycles. The van der Waals surface area contributed by atoms with Crippen molar-refractivity contribution in [2.24, 2.45) is 11.7 Å². The lowest BCUT2D eigenvalue weighted by Gasteiger charge is -2.18. The maximum atomic E-state index is 12.5. The molecule has 0 radical (unpaired) electrons. The van der Waals surface area contributed by atoms with Crippen LogP contribution in [0.3, 0.4) is 0 Å². The first kappa shape index (κ1) is 12.2. The Hall–Kier alpha value is -1.30. The first-order valence-electron chi connectivity index (χ1n) is 5.49. The van der Waals surface area contributed by atoms with Gasteiger partial charge in [-0.3, -0.25) is 0 Å². The van der Waals surface area contributed by atoms with Crippen molar-refractivity contribution < 1.29 is 13.2 Å². The monoisotopic (exact) mass is 245 g/mol. The van der Waals surface area contributed by atoms with E-state index in [1.54, 1.807) is 0 Å². The van der Waals surface area contributed by atoms with E-state index in [0.717, 1.165) is 25.1 Å². The maximum absolute atomic E-state index is 12.5. The molecule has 1 aliphatic rings. The summed E-state index contributed by atoms with van der Waals surface area (Å²) in [5, 5.41) is 0. The van der Waals surface area contributed by atoms with Crippen LogP contribution in [-0.4, -0.2) is 24.6 Å². The molecule has 1 atom stereocenters. The largest absolute Gasteiger partial charge is 0.416 e. The number of halogens is 3. The summed E-state index contributed by atoms with van der Waals surface area (Å²) in [6.45, 7) is 1.97. The van der Waals surface area contributed by atoms with Gasteiger partial charge in [0.15, 0.2) is 0 Å². The van der Waals surface area contributed by atoms with Crippen LogP contribution < -0.4 is 10.6 Å². The van der Waals surface area contributed by atoms with Crippen molar-refractivity contribution in [3.8, 4) is 0 Å². The van der Waals surface area contributed by atoms with Crippen LogP contribution in [0.5, 0.6) is 0 Å². The molecule has 94 valence electrons. The Kier molecular flexibility index (Phi) is 3.24. The van der Waals surface area contributed by atoms with Crippen molar-refractivity contribution in [1.82, 2.24) is 4.98 Å². The second-order valence-corrected chi connectivity index (χ2v) is 4.24. The van der Waals surface area contributed by atoms with Crippen LogP contribution >= 0.6 is 0 Å². The minimum absolute atomic E-state index is 0.353. The highest BCUT2D eigenvalue weighted by atomic mass is 19.4. The van der Waals surface area contributed by atoms with Gasteiger partial charge in [0.1, 0.15) is 5.82 Å². The normalized spacial score (nSPS) is 20.9. The van der Waals surface area contributed by atoms with Gasteiger partial charge in [-0.15, -0.1) is 0 Å². The van der Waals surface area contributed by atoms with Crippen LogP contribution in [0, 0.1) is 5.92 Å². The highest BCUT2D eigenvalue weighted by molar-refractivity contribution is 5.42. The highest BCUT2D eigenvalue weighted by Crippen LogP contribution is 2.31. The van der Waals surface area contributed by atoms with Crippen LogP contribution in [0.15, 0.2) is 18.3 Å². The highest BCUT2D eigenvalue weighted by Gasteiger charge is 2.32. The van der Waals surface area contributed by atoms with E-state index >= 15 is 0 Å². The van der Waals surface area contributed by atoms with Crippen LogP contribution in [0.4, 0.5) is 19.0 Å². The number of nitrogens with zero attached hydrogens (tertiary/aromatic N) is 2. The van der Waals surface area contributed by atoms with Crippen molar-refractivity contribution in [2.45, 2.75) is 12.6 Å². The van der Waals surface area contributed by atoms with E-state index in [1.165, 1.54) is 6.20 Å². The van der Waals surface area contributed by atoms with E-state index in [9.17, 15) is 13.2 Å². The number of rotatable bonds is 2. The number of hydrogen-bond acceptors (Lipinski definition) is 3. The Bertz CT molecular complexity index is 392. The average molecular weight is 245 g/mol. The Morgan fingerprint density at radius 3 is 2.82 bits per heavy atom. The third-order valence-electron chi connectivity index (χ3n) is 3.02. The van der Waals surface area contributed by atoms with Crippen LogP contribution in [0.25, 0.3) is 0 Å². The summed E-state index contributed by atoms with van der Waals surface area (Å²) >= 11 is 0. The number of alkyl halides is 3. The molecule has 1 unspecified atom stereocenters. The van der Waals surface area contributed by atoms with Gasteiger partial charge in [0.25, 0.3) is 0 Å². The van der Waals surface area contributed by atoms with Gasteiger partial charge in [0.05, 0.1) is 5.56 Å². The standard InChI is InChI=1S/C11H14F3N3/c12-11(13,14)9-1-3-16-10(5-9)17-4-2-8(6-15)7-17/h1,3,5,8H,2,4,6-7,15H2. The van der Waals surface area contributed by atoms with Gasteiger partial charge in [-0.25, -0.2) is 4.98 Å². The summed E-state index contributed by atoms with van der Waals surface area (Å²) in [6.07, 6.45) is -2.20. The third-order valence-corrected chi connectivity index (χ3v) is 3.02. The zero-order chi connectivity index (χ0) is 12.5. The number of anilines is 1. The summed E-state index contributed by atoms with van der Waals surface area (Å²) < 4.78 is 37.6. The molecule has 1 fully saturated rings. The smallest absolute Gasteiger partial charge is 0.356 e. The first-order valence-corrected chi connectivity index (χ1v) is 5.49. The zero-order valence-electron chi connectivity index (χ0n) is 9.24. The number of nitrogens with two attached hydrogens (primary N) is 1. The Morgan fingerprint density at radius 1 is 1.47 bits per heavy atom. The minimum Gasteiger partial charge on any atom is -0.356 e. The number of pyridine rings is 1. The Balaban J connectivity index is 2.17. The molecular formula is C11H14F3N3. The molecule has 17 heavy (non-hydrogen) atoms. The quantitative estimate of drug-likeness (QED) is 0.865. The minimum atomic E-state index is -4.31. The van der Waals surface area contributed by atoms with Gasteiger partial charge >= 0.3 is 6.18 Å². The van der Waals surface area contributed by atoms with E-state index in [0.29, 0.717) is 24.8 Å². The van der Waals surface area contributed by atoms with E-state index < -0.39 is 11.7 Å². The molecule has 0 aromatic carbocycles. The van der Waals surface area contributed by atoms with Crippen LogP contribution in [0.2, 0.25) is 0 Å². The molecule has 3 nitrogen and oxygen atoms in total. The SMILES string of the molecule is NCC1CCN(c2cc(C(F)(F)F)ccn2)C1. The molecule has 0 amide bonds. The van der Waals surface area contributed by atoms with Gasteiger partial charge in [-0.05, 0) is 31.0 Å². The van der Waals surface area contributed by atoms with Crippen molar-refractivity contribution in [3.63, 3.8) is 0 Å². The molecule has 0 spiro atoms. The molecule has 2 rings (SSSR count). The van der Waals surface area contributed by atoms with Crippen molar-refractivity contribution in [1.29, 1.82) is 0 Å². The lowest BCUT2D eigenvalue weighted by atomic mass is 10.1. The molecule has 1 saturated heterocycles. The number of hydrogen-bond donors (Lipinski definition) is 1. The van der Waals surface area contributed by atoms with E-state index in [-0.39, 0.29) is 0 Å². The molecule has 1 aromatic rings. The summed E-state index contributed by atoms with van der Waals surface area (Å²) in [6, 6.07) is 2.08. The lowest BCUT2D eigenvalue weighted by molar-refractivity contribution is -0.137. The van der Waals surface area contributed by atoms with Crippen molar-refractivity contribution >= 4 is 5.82 Å².